The lowest BCUT2D eigenvalue weighted by Crippen LogP contribution is -2.24. The van der Waals surface area contributed by atoms with Crippen molar-refractivity contribution in [2.75, 3.05) is 0 Å². The molecule has 4 heterocycles. The molecule has 5 aromatic rings. The lowest BCUT2D eigenvalue weighted by molar-refractivity contribution is 0.516. The average molecular weight is 531 g/mol. The van der Waals surface area contributed by atoms with Crippen molar-refractivity contribution in [3.8, 4) is 33.6 Å². The summed E-state index contributed by atoms with van der Waals surface area (Å²) in [5, 5.41) is 9.82. The zero-order chi connectivity index (χ0) is 27.4. The molecule has 2 aliphatic heterocycles. The number of H-pyrrole nitrogens is 2. The number of nitrogens with one attached hydrogen (secondary N) is 4. The second-order valence-electron chi connectivity index (χ2n) is 12.1. The van der Waals surface area contributed by atoms with Gasteiger partial charge in [0.25, 0.3) is 0 Å². The van der Waals surface area contributed by atoms with E-state index < -0.39 is 0 Å². The fourth-order valence-corrected chi connectivity index (χ4v) is 6.57. The molecular weight excluding hydrogens is 492 g/mol. The normalized spacial score (nSPS) is 26.6. The van der Waals surface area contributed by atoms with Gasteiger partial charge in [-0.15, -0.1) is 0 Å². The van der Waals surface area contributed by atoms with Crippen molar-refractivity contribution in [3.05, 3.63) is 84.7 Å². The van der Waals surface area contributed by atoms with Gasteiger partial charge < -0.3 is 20.6 Å². The molecular formula is C34H38N6. The largest absolute Gasteiger partial charge is 0.341 e. The van der Waals surface area contributed by atoms with Gasteiger partial charge >= 0.3 is 0 Å². The van der Waals surface area contributed by atoms with Crippen molar-refractivity contribution in [1.82, 2.24) is 30.6 Å². The standard InChI is InChI=1S/C34H38N6/c1-19-15-29(37-21(19)3)33-35-17-31(39-33)24-13-11-23(12-14-24)25-7-5-9-27-26(25)8-6-10-28(27)32-18-36-34(40-32)30-16-20(2)22(4)38-30/h5-14,17-22,29-30,37-38H,15-16H2,1-4H3,(H,35,39)(H,36,40)/t19-,20-,21-,22-,29+,30+/m1/s1. The topological polar surface area (TPSA) is 81.4 Å². The summed E-state index contributed by atoms with van der Waals surface area (Å²) in [6.07, 6.45) is 6.18. The number of benzene rings is 3. The maximum atomic E-state index is 4.77. The Hall–Kier alpha value is -3.74. The number of rotatable bonds is 5. The number of hydrogen-bond acceptors (Lipinski definition) is 4. The van der Waals surface area contributed by atoms with E-state index in [9.17, 15) is 0 Å². The molecule has 0 radical (unpaired) electrons. The molecule has 2 aromatic heterocycles. The molecule has 0 amide bonds. The number of imidazole rings is 2. The Kier molecular flexibility index (Phi) is 6.32. The van der Waals surface area contributed by atoms with Crippen LogP contribution in [0.15, 0.2) is 73.1 Å². The summed E-state index contributed by atoms with van der Waals surface area (Å²) < 4.78 is 0. The van der Waals surface area contributed by atoms with Crippen LogP contribution < -0.4 is 10.6 Å². The van der Waals surface area contributed by atoms with E-state index in [2.05, 4.69) is 109 Å². The molecule has 2 saturated heterocycles. The Labute approximate surface area is 236 Å². The van der Waals surface area contributed by atoms with Crippen LogP contribution in [0.3, 0.4) is 0 Å². The van der Waals surface area contributed by atoms with Crippen molar-refractivity contribution >= 4 is 10.8 Å². The van der Waals surface area contributed by atoms with Gasteiger partial charge in [-0.05, 0) is 66.0 Å². The van der Waals surface area contributed by atoms with Gasteiger partial charge in [0.1, 0.15) is 11.6 Å². The molecule has 204 valence electrons. The van der Waals surface area contributed by atoms with E-state index in [1.54, 1.807) is 0 Å². The monoisotopic (exact) mass is 530 g/mol. The van der Waals surface area contributed by atoms with E-state index in [-0.39, 0.29) is 6.04 Å². The SMILES string of the molecule is C[C@@H]1C[C@@H](c2ncc(-c3ccc(-c4cccc5c(-c6cnc([C@@H]7C[C@@H](C)[C@@H](C)N7)[nH]6)cccc45)cc3)[nH]2)N[C@@H]1C. The first-order valence-electron chi connectivity index (χ1n) is 14.7. The van der Waals surface area contributed by atoms with Gasteiger partial charge in [0.2, 0.25) is 0 Å². The first kappa shape index (κ1) is 25.2. The van der Waals surface area contributed by atoms with Crippen molar-refractivity contribution in [2.24, 2.45) is 11.8 Å². The van der Waals surface area contributed by atoms with Crippen LogP contribution in [-0.4, -0.2) is 32.0 Å². The molecule has 6 heteroatoms. The Morgan fingerprint density at radius 1 is 0.575 bits per heavy atom. The summed E-state index contributed by atoms with van der Waals surface area (Å²) >= 11 is 0. The molecule has 4 N–H and O–H groups in total. The fourth-order valence-electron chi connectivity index (χ4n) is 6.57. The third-order valence-electron chi connectivity index (χ3n) is 9.42. The van der Waals surface area contributed by atoms with Gasteiger partial charge in [0.15, 0.2) is 0 Å². The predicted octanol–water partition coefficient (Wildman–Crippen LogP) is 7.41. The van der Waals surface area contributed by atoms with E-state index >= 15 is 0 Å². The van der Waals surface area contributed by atoms with Gasteiger partial charge in [-0.3, -0.25) is 0 Å². The highest BCUT2D eigenvalue weighted by Crippen LogP contribution is 2.37. The molecule has 6 nitrogen and oxygen atoms in total. The molecule has 0 saturated carbocycles. The van der Waals surface area contributed by atoms with Gasteiger partial charge in [0.05, 0.1) is 35.9 Å². The van der Waals surface area contributed by atoms with Gasteiger partial charge in [-0.25, -0.2) is 9.97 Å². The van der Waals surface area contributed by atoms with Gasteiger partial charge in [-0.2, -0.15) is 0 Å². The molecule has 2 aliphatic rings. The maximum absolute atomic E-state index is 4.77. The number of nitrogens with zero attached hydrogens (tertiary/aromatic N) is 2. The Morgan fingerprint density at radius 3 is 1.65 bits per heavy atom. The lowest BCUT2D eigenvalue weighted by Gasteiger charge is -2.11. The molecule has 7 rings (SSSR count). The minimum absolute atomic E-state index is 0.287. The van der Waals surface area contributed by atoms with E-state index in [0.29, 0.717) is 30.0 Å². The zero-order valence-corrected chi connectivity index (χ0v) is 23.7. The third-order valence-corrected chi connectivity index (χ3v) is 9.42. The van der Waals surface area contributed by atoms with Crippen LogP contribution >= 0.6 is 0 Å². The van der Waals surface area contributed by atoms with Crippen LogP contribution in [0.1, 0.15) is 64.3 Å². The first-order valence-corrected chi connectivity index (χ1v) is 14.7. The predicted molar refractivity (Wildman–Crippen MR) is 163 cm³/mol. The van der Waals surface area contributed by atoms with Crippen molar-refractivity contribution in [2.45, 2.75) is 64.7 Å². The van der Waals surface area contributed by atoms with Crippen LogP contribution in [-0.2, 0) is 0 Å². The van der Waals surface area contributed by atoms with E-state index in [0.717, 1.165) is 41.4 Å². The lowest BCUT2D eigenvalue weighted by atomic mass is 9.94. The highest BCUT2D eigenvalue weighted by atomic mass is 15.1. The number of fused-ring (bicyclic) bond motifs is 1. The number of hydrogen-bond donors (Lipinski definition) is 4. The molecule has 40 heavy (non-hydrogen) atoms. The van der Waals surface area contributed by atoms with Crippen LogP contribution in [0.25, 0.3) is 44.4 Å². The molecule has 0 bridgehead atoms. The molecule has 6 atom stereocenters. The summed E-state index contributed by atoms with van der Waals surface area (Å²) in [6, 6.07) is 23.6. The minimum Gasteiger partial charge on any atom is -0.341 e. The molecule has 3 aromatic carbocycles. The smallest absolute Gasteiger partial charge is 0.123 e. The molecule has 2 fully saturated rings. The molecule has 0 spiro atoms. The van der Waals surface area contributed by atoms with Gasteiger partial charge in [-0.1, -0.05) is 74.5 Å². The summed E-state index contributed by atoms with van der Waals surface area (Å²) in [4.78, 5) is 16.7. The Morgan fingerprint density at radius 2 is 1.07 bits per heavy atom. The number of aromatic nitrogens is 4. The minimum atomic E-state index is 0.287. The van der Waals surface area contributed by atoms with E-state index in [4.69, 9.17) is 9.97 Å². The quantitative estimate of drug-likeness (QED) is 0.191. The van der Waals surface area contributed by atoms with E-state index in [1.807, 2.05) is 12.4 Å². The highest BCUT2D eigenvalue weighted by Gasteiger charge is 2.31. The summed E-state index contributed by atoms with van der Waals surface area (Å²) in [5.74, 6) is 3.37. The first-order chi connectivity index (χ1) is 19.4. The Bertz CT molecular complexity index is 1630. The molecule has 0 unspecified atom stereocenters. The van der Waals surface area contributed by atoms with Crippen LogP contribution in [0.4, 0.5) is 0 Å². The average Bonchev–Trinajstić information content (AvgIpc) is 3.77. The summed E-state index contributed by atoms with van der Waals surface area (Å²) in [7, 11) is 0. The Balaban J connectivity index is 1.16. The summed E-state index contributed by atoms with van der Waals surface area (Å²) in [5.41, 5.74) is 6.90. The van der Waals surface area contributed by atoms with Crippen LogP contribution in [0.2, 0.25) is 0 Å². The highest BCUT2D eigenvalue weighted by molar-refractivity contribution is 6.04. The fraction of sp³-hybridized carbons (Fsp3) is 0.353. The number of aromatic amines is 2. The third kappa shape index (κ3) is 4.45. The maximum Gasteiger partial charge on any atom is 0.123 e. The van der Waals surface area contributed by atoms with Gasteiger partial charge in [0, 0.05) is 17.6 Å². The van der Waals surface area contributed by atoms with Crippen LogP contribution in [0.5, 0.6) is 0 Å². The second-order valence-corrected chi connectivity index (χ2v) is 12.1. The summed E-state index contributed by atoms with van der Waals surface area (Å²) in [6.45, 7) is 9.12. The van der Waals surface area contributed by atoms with Crippen molar-refractivity contribution < 1.29 is 0 Å². The molecule has 0 aliphatic carbocycles. The van der Waals surface area contributed by atoms with Crippen molar-refractivity contribution in [1.29, 1.82) is 0 Å². The zero-order valence-electron chi connectivity index (χ0n) is 23.7. The van der Waals surface area contributed by atoms with Crippen molar-refractivity contribution in [3.63, 3.8) is 0 Å². The second kappa shape index (κ2) is 10.0. The van der Waals surface area contributed by atoms with Crippen LogP contribution in [0, 0.1) is 11.8 Å². The van der Waals surface area contributed by atoms with E-state index in [1.165, 1.54) is 27.5 Å².